The minimum absolute atomic E-state index is 0.232. The molecular formula is C33H31N3O2. The Labute approximate surface area is 223 Å². The molecule has 0 saturated carbocycles. The van der Waals surface area contributed by atoms with Gasteiger partial charge in [-0.3, -0.25) is 4.79 Å². The maximum atomic E-state index is 12.9. The van der Waals surface area contributed by atoms with E-state index in [9.17, 15) is 4.79 Å². The molecule has 1 heterocycles. The molecule has 0 aliphatic carbocycles. The zero-order chi connectivity index (χ0) is 26.4. The fourth-order valence-electron chi connectivity index (χ4n) is 5.32. The van der Waals surface area contributed by atoms with Crippen LogP contribution in [-0.4, -0.2) is 28.2 Å². The zero-order valence-electron chi connectivity index (χ0n) is 21.4. The lowest BCUT2D eigenvalue weighted by Gasteiger charge is -2.37. The number of ether oxygens (including phenoxy) is 1. The number of hydrogen-bond donors (Lipinski definition) is 1. The lowest BCUT2D eigenvalue weighted by atomic mass is 9.76. The summed E-state index contributed by atoms with van der Waals surface area (Å²) >= 11 is 0. The van der Waals surface area contributed by atoms with Gasteiger partial charge in [-0.15, -0.1) is 0 Å². The SMILES string of the molecule is COC(=O)C(N)(Cc1ccccc1)Cc1cn(C(c2ccccc2)(c2ccccc2)c2ccccc2)cn1. The number of nitrogens with two attached hydrogens (primary N) is 1. The maximum Gasteiger partial charge on any atom is 0.326 e. The lowest BCUT2D eigenvalue weighted by molar-refractivity contribution is -0.147. The number of aromatic nitrogens is 2. The predicted octanol–water partition coefficient (Wildman–Crippen LogP) is 5.38. The first-order valence-electron chi connectivity index (χ1n) is 12.7. The molecule has 1 atom stereocenters. The average molecular weight is 502 g/mol. The molecule has 38 heavy (non-hydrogen) atoms. The van der Waals surface area contributed by atoms with Crippen LogP contribution in [0.3, 0.4) is 0 Å². The number of imidazole rings is 1. The summed E-state index contributed by atoms with van der Waals surface area (Å²) in [5, 5.41) is 0. The Hall–Kier alpha value is -4.48. The van der Waals surface area contributed by atoms with Crippen LogP contribution in [0.2, 0.25) is 0 Å². The number of methoxy groups -OCH3 is 1. The fraction of sp³-hybridized carbons (Fsp3) is 0.152. The first-order chi connectivity index (χ1) is 18.6. The van der Waals surface area contributed by atoms with E-state index in [2.05, 4.69) is 77.4 Å². The largest absolute Gasteiger partial charge is 0.468 e. The van der Waals surface area contributed by atoms with Gasteiger partial charge in [0.1, 0.15) is 11.1 Å². The van der Waals surface area contributed by atoms with Gasteiger partial charge in [0.05, 0.1) is 19.1 Å². The number of nitrogens with zero attached hydrogens (tertiary/aromatic N) is 2. The minimum atomic E-state index is -1.26. The van der Waals surface area contributed by atoms with Crippen LogP contribution in [0.4, 0.5) is 0 Å². The Balaban J connectivity index is 1.64. The minimum Gasteiger partial charge on any atom is -0.468 e. The van der Waals surface area contributed by atoms with Gasteiger partial charge < -0.3 is 15.0 Å². The van der Waals surface area contributed by atoms with Gasteiger partial charge in [-0.25, -0.2) is 4.98 Å². The van der Waals surface area contributed by atoms with Gasteiger partial charge in [0.15, 0.2) is 0 Å². The van der Waals surface area contributed by atoms with Crippen LogP contribution in [0.25, 0.3) is 0 Å². The Morgan fingerprint density at radius 1 is 0.737 bits per heavy atom. The molecule has 1 unspecified atom stereocenters. The Bertz CT molecular complexity index is 1370. The molecule has 1 aromatic heterocycles. The van der Waals surface area contributed by atoms with E-state index < -0.39 is 17.0 Å². The molecule has 5 nitrogen and oxygen atoms in total. The van der Waals surface area contributed by atoms with Crippen molar-refractivity contribution in [3.05, 3.63) is 162 Å². The van der Waals surface area contributed by atoms with Gasteiger partial charge in [-0.2, -0.15) is 0 Å². The molecule has 0 fully saturated rings. The normalized spacial score (nSPS) is 13.0. The Morgan fingerprint density at radius 3 is 1.63 bits per heavy atom. The van der Waals surface area contributed by atoms with Crippen molar-refractivity contribution in [2.24, 2.45) is 5.73 Å². The van der Waals surface area contributed by atoms with Crippen LogP contribution in [-0.2, 0) is 27.9 Å². The summed E-state index contributed by atoms with van der Waals surface area (Å²) in [4.78, 5) is 17.7. The van der Waals surface area contributed by atoms with Crippen molar-refractivity contribution < 1.29 is 9.53 Å². The topological polar surface area (TPSA) is 70.1 Å². The van der Waals surface area contributed by atoms with Crippen LogP contribution < -0.4 is 5.73 Å². The third kappa shape index (κ3) is 4.76. The molecule has 0 aliphatic rings. The number of esters is 1. The van der Waals surface area contributed by atoms with Gasteiger partial charge in [0, 0.05) is 19.0 Å². The third-order valence-electron chi connectivity index (χ3n) is 7.05. The van der Waals surface area contributed by atoms with Crippen molar-refractivity contribution in [1.29, 1.82) is 0 Å². The van der Waals surface area contributed by atoms with Gasteiger partial charge in [0.2, 0.25) is 0 Å². The molecule has 0 saturated heterocycles. The highest BCUT2D eigenvalue weighted by Crippen LogP contribution is 2.41. The fourth-order valence-corrected chi connectivity index (χ4v) is 5.32. The maximum absolute atomic E-state index is 12.9. The van der Waals surface area contributed by atoms with E-state index in [1.54, 1.807) is 0 Å². The van der Waals surface area contributed by atoms with Crippen molar-refractivity contribution in [1.82, 2.24) is 9.55 Å². The first kappa shape index (κ1) is 25.2. The van der Waals surface area contributed by atoms with Crippen molar-refractivity contribution in [2.75, 3.05) is 7.11 Å². The molecule has 0 radical (unpaired) electrons. The monoisotopic (exact) mass is 501 g/mol. The zero-order valence-corrected chi connectivity index (χ0v) is 21.4. The molecule has 0 amide bonds. The average Bonchev–Trinajstić information content (AvgIpc) is 3.43. The van der Waals surface area contributed by atoms with Crippen molar-refractivity contribution >= 4 is 5.97 Å². The summed E-state index contributed by atoms with van der Waals surface area (Å²) in [6.45, 7) is 0. The van der Waals surface area contributed by atoms with Crippen LogP contribution in [0.5, 0.6) is 0 Å². The second kappa shape index (κ2) is 10.9. The van der Waals surface area contributed by atoms with Crippen molar-refractivity contribution in [3.63, 3.8) is 0 Å². The molecule has 0 spiro atoms. The van der Waals surface area contributed by atoms with Crippen LogP contribution >= 0.6 is 0 Å². The van der Waals surface area contributed by atoms with Gasteiger partial charge >= 0.3 is 5.97 Å². The molecule has 2 N–H and O–H groups in total. The van der Waals surface area contributed by atoms with Gasteiger partial charge in [0.25, 0.3) is 0 Å². The standard InChI is InChI=1S/C33H31N3O2/c1-38-31(37)32(34,22-26-14-6-2-7-15-26)23-30-24-36(25-35-30)33(27-16-8-3-9-17-27,28-18-10-4-11-19-28)29-20-12-5-13-21-29/h2-21,24-25H,22-23,34H2,1H3. The summed E-state index contributed by atoms with van der Waals surface area (Å²) in [6, 6.07) is 40.9. The number of hydrogen-bond acceptors (Lipinski definition) is 4. The summed E-state index contributed by atoms with van der Waals surface area (Å²) < 4.78 is 7.27. The number of rotatable bonds is 9. The van der Waals surface area contributed by atoms with Crippen LogP contribution in [0.15, 0.2) is 134 Å². The number of carbonyl (C=O) groups is 1. The Morgan fingerprint density at radius 2 is 1.18 bits per heavy atom. The van der Waals surface area contributed by atoms with E-state index in [1.807, 2.05) is 61.1 Å². The second-order valence-corrected chi connectivity index (χ2v) is 9.57. The van der Waals surface area contributed by atoms with E-state index in [0.717, 1.165) is 22.3 Å². The number of carbonyl (C=O) groups excluding carboxylic acids is 1. The third-order valence-corrected chi connectivity index (χ3v) is 7.05. The summed E-state index contributed by atoms with van der Waals surface area (Å²) in [5.41, 5.74) is 9.76. The summed E-state index contributed by atoms with van der Waals surface area (Å²) in [7, 11) is 1.37. The summed E-state index contributed by atoms with van der Waals surface area (Å²) in [6.07, 6.45) is 4.41. The predicted molar refractivity (Wildman–Crippen MR) is 150 cm³/mol. The first-order valence-corrected chi connectivity index (χ1v) is 12.7. The number of benzene rings is 4. The second-order valence-electron chi connectivity index (χ2n) is 9.57. The van der Waals surface area contributed by atoms with Gasteiger partial charge in [-0.1, -0.05) is 121 Å². The van der Waals surface area contributed by atoms with Crippen molar-refractivity contribution in [2.45, 2.75) is 23.9 Å². The summed E-state index contributed by atoms with van der Waals surface area (Å²) in [5.74, 6) is -0.462. The van der Waals surface area contributed by atoms with E-state index >= 15 is 0 Å². The Kier molecular flexibility index (Phi) is 7.20. The van der Waals surface area contributed by atoms with E-state index in [1.165, 1.54) is 7.11 Å². The van der Waals surface area contributed by atoms with Gasteiger partial charge in [-0.05, 0) is 22.3 Å². The molecular weight excluding hydrogens is 470 g/mol. The van der Waals surface area contributed by atoms with E-state index in [0.29, 0.717) is 12.1 Å². The highest BCUT2D eigenvalue weighted by atomic mass is 16.5. The smallest absolute Gasteiger partial charge is 0.326 e. The van der Waals surface area contributed by atoms with E-state index in [-0.39, 0.29) is 6.42 Å². The van der Waals surface area contributed by atoms with Crippen molar-refractivity contribution in [3.8, 4) is 0 Å². The highest BCUT2D eigenvalue weighted by molar-refractivity contribution is 5.81. The molecule has 4 aromatic carbocycles. The molecule has 5 aromatic rings. The highest BCUT2D eigenvalue weighted by Gasteiger charge is 2.40. The quantitative estimate of drug-likeness (QED) is 0.218. The molecule has 190 valence electrons. The molecule has 0 bridgehead atoms. The van der Waals surface area contributed by atoms with Crippen LogP contribution in [0, 0.1) is 0 Å². The lowest BCUT2D eigenvalue weighted by Crippen LogP contribution is -2.52. The molecule has 5 rings (SSSR count). The van der Waals surface area contributed by atoms with E-state index in [4.69, 9.17) is 15.5 Å². The molecule has 0 aliphatic heterocycles. The van der Waals surface area contributed by atoms with Crippen LogP contribution in [0.1, 0.15) is 27.9 Å². The molecule has 5 heteroatoms.